The molecular weight excluding hydrogens is 312 g/mol. The lowest BCUT2D eigenvalue weighted by atomic mass is 10.2. The van der Waals surface area contributed by atoms with Gasteiger partial charge in [0, 0.05) is 36.0 Å². The molecule has 0 aliphatic carbocycles. The first kappa shape index (κ1) is 15.9. The van der Waals surface area contributed by atoms with Gasteiger partial charge in [-0.1, -0.05) is 0 Å². The number of ether oxygens (including phenoxy) is 1. The zero-order chi connectivity index (χ0) is 16.2. The van der Waals surface area contributed by atoms with Crippen LogP contribution < -0.4 is 10.2 Å². The minimum Gasteiger partial charge on any atom is -0.378 e. The Balaban J connectivity index is 1.69. The van der Waals surface area contributed by atoms with Gasteiger partial charge in [0.15, 0.2) is 0 Å². The third-order valence-corrected chi connectivity index (χ3v) is 4.81. The summed E-state index contributed by atoms with van der Waals surface area (Å²) in [7, 11) is 0. The van der Waals surface area contributed by atoms with E-state index < -0.39 is 0 Å². The van der Waals surface area contributed by atoms with Crippen molar-refractivity contribution in [1.29, 1.82) is 0 Å². The molecule has 0 radical (unpaired) electrons. The van der Waals surface area contributed by atoms with Gasteiger partial charge in [0.25, 0.3) is 5.91 Å². The number of nitrogens with one attached hydrogen (secondary N) is 1. The lowest BCUT2D eigenvalue weighted by Gasteiger charge is -2.28. The van der Waals surface area contributed by atoms with Crippen molar-refractivity contribution >= 4 is 22.9 Å². The summed E-state index contributed by atoms with van der Waals surface area (Å²) in [6, 6.07) is 3.63. The van der Waals surface area contributed by atoms with Crippen molar-refractivity contribution in [3.8, 4) is 0 Å². The van der Waals surface area contributed by atoms with Gasteiger partial charge in [-0.3, -0.25) is 9.78 Å². The number of amides is 1. The van der Waals surface area contributed by atoms with Crippen LogP contribution in [0, 0.1) is 6.92 Å². The normalized spacial score (nSPS) is 16.2. The van der Waals surface area contributed by atoms with Gasteiger partial charge < -0.3 is 15.0 Å². The molecule has 0 spiro atoms. The highest BCUT2D eigenvalue weighted by molar-refractivity contribution is 7.11. The number of aromatic nitrogens is 2. The lowest BCUT2D eigenvalue weighted by Crippen LogP contribution is -2.36. The quantitative estimate of drug-likeness (QED) is 0.929. The molecule has 6 nitrogen and oxygen atoms in total. The average molecular weight is 332 g/mol. The summed E-state index contributed by atoms with van der Waals surface area (Å²) < 4.78 is 5.36. The summed E-state index contributed by atoms with van der Waals surface area (Å²) in [6.07, 6.45) is 3.50. The zero-order valence-electron chi connectivity index (χ0n) is 13.3. The second kappa shape index (κ2) is 7.06. The number of nitrogens with zero attached hydrogens (tertiary/aromatic N) is 3. The Hall–Kier alpha value is -1.99. The van der Waals surface area contributed by atoms with Crippen LogP contribution in [0.1, 0.15) is 33.3 Å². The van der Waals surface area contributed by atoms with E-state index in [0.717, 1.165) is 28.7 Å². The third kappa shape index (κ3) is 3.86. The van der Waals surface area contributed by atoms with Crippen LogP contribution in [0.25, 0.3) is 0 Å². The van der Waals surface area contributed by atoms with Crippen molar-refractivity contribution < 1.29 is 9.53 Å². The number of carbonyl (C=O) groups excluding carboxylic acids is 1. The molecule has 0 unspecified atom stereocenters. The summed E-state index contributed by atoms with van der Waals surface area (Å²) in [4.78, 5) is 24.3. The van der Waals surface area contributed by atoms with Crippen molar-refractivity contribution in [3.05, 3.63) is 40.1 Å². The molecule has 0 aromatic carbocycles. The molecule has 3 heterocycles. The standard InChI is InChI=1S/C16H20N4O2S/c1-11-10-18-16(23-11)12(2)19-15(21)14-9-13(3-4-17-14)20-5-7-22-8-6-20/h3-4,9-10,12H,5-8H2,1-2H3,(H,19,21)/t12-/m0/s1. The first-order valence-electron chi connectivity index (χ1n) is 7.65. The highest BCUT2D eigenvalue weighted by Gasteiger charge is 2.17. The van der Waals surface area contributed by atoms with Gasteiger partial charge in [-0.05, 0) is 26.0 Å². The summed E-state index contributed by atoms with van der Waals surface area (Å²) in [5, 5.41) is 3.86. The Morgan fingerprint density at radius 3 is 2.87 bits per heavy atom. The topological polar surface area (TPSA) is 67.4 Å². The second-order valence-corrected chi connectivity index (χ2v) is 6.77. The SMILES string of the molecule is Cc1cnc([C@H](C)NC(=O)c2cc(N3CCOCC3)ccn2)s1. The fourth-order valence-corrected chi connectivity index (χ4v) is 3.24. The average Bonchev–Trinajstić information content (AvgIpc) is 3.02. The first-order chi connectivity index (χ1) is 11.1. The molecule has 122 valence electrons. The molecule has 23 heavy (non-hydrogen) atoms. The van der Waals surface area contributed by atoms with Crippen molar-refractivity contribution in [1.82, 2.24) is 15.3 Å². The van der Waals surface area contributed by atoms with Crippen LogP contribution in [0.3, 0.4) is 0 Å². The fourth-order valence-electron chi connectivity index (χ4n) is 2.47. The minimum atomic E-state index is -0.180. The van der Waals surface area contributed by atoms with Crippen LogP contribution in [0.5, 0.6) is 0 Å². The van der Waals surface area contributed by atoms with Crippen LogP contribution in [-0.4, -0.2) is 42.2 Å². The number of aryl methyl sites for hydroxylation is 1. The number of hydrogen-bond acceptors (Lipinski definition) is 6. The smallest absolute Gasteiger partial charge is 0.270 e. The Kier molecular flexibility index (Phi) is 4.88. The Morgan fingerprint density at radius 2 is 2.17 bits per heavy atom. The molecule has 1 amide bonds. The van der Waals surface area contributed by atoms with E-state index in [9.17, 15) is 4.79 Å². The number of morpholine rings is 1. The van der Waals surface area contributed by atoms with Gasteiger partial charge in [0.1, 0.15) is 10.7 Å². The van der Waals surface area contributed by atoms with Crippen molar-refractivity contribution in [2.24, 2.45) is 0 Å². The van der Waals surface area contributed by atoms with Gasteiger partial charge in [0.05, 0.1) is 19.3 Å². The molecule has 3 rings (SSSR count). The number of rotatable bonds is 4. The number of pyridine rings is 1. The fraction of sp³-hybridized carbons (Fsp3) is 0.438. The Labute approximate surface area is 139 Å². The highest BCUT2D eigenvalue weighted by Crippen LogP contribution is 2.20. The summed E-state index contributed by atoms with van der Waals surface area (Å²) in [5.41, 5.74) is 1.43. The van der Waals surface area contributed by atoms with Crippen molar-refractivity contribution in [2.75, 3.05) is 31.2 Å². The predicted molar refractivity (Wildman–Crippen MR) is 90.0 cm³/mol. The molecule has 1 atom stereocenters. The van der Waals surface area contributed by atoms with Crippen molar-refractivity contribution in [2.45, 2.75) is 19.9 Å². The van der Waals surface area contributed by atoms with Gasteiger partial charge in [-0.25, -0.2) is 4.98 Å². The maximum atomic E-state index is 12.4. The number of anilines is 1. The molecular formula is C16H20N4O2S. The van der Waals surface area contributed by atoms with E-state index in [1.165, 1.54) is 0 Å². The predicted octanol–water partition coefficient (Wildman–Crippen LogP) is 2.17. The van der Waals surface area contributed by atoms with E-state index in [2.05, 4.69) is 20.2 Å². The van der Waals surface area contributed by atoms with E-state index in [0.29, 0.717) is 18.9 Å². The molecule has 7 heteroatoms. The maximum absolute atomic E-state index is 12.4. The van der Waals surface area contributed by atoms with Crippen LogP contribution in [-0.2, 0) is 4.74 Å². The van der Waals surface area contributed by atoms with Crippen molar-refractivity contribution in [3.63, 3.8) is 0 Å². The molecule has 0 saturated carbocycles. The number of thiazole rings is 1. The Bertz CT molecular complexity index is 682. The van der Waals surface area contributed by atoms with E-state index in [1.54, 1.807) is 17.5 Å². The third-order valence-electron chi connectivity index (χ3n) is 3.71. The molecule has 2 aromatic heterocycles. The largest absolute Gasteiger partial charge is 0.378 e. The second-order valence-electron chi connectivity index (χ2n) is 5.50. The molecule has 1 N–H and O–H groups in total. The maximum Gasteiger partial charge on any atom is 0.270 e. The molecule has 2 aromatic rings. The summed E-state index contributed by atoms with van der Waals surface area (Å²) in [6.45, 7) is 7.03. The lowest BCUT2D eigenvalue weighted by molar-refractivity contribution is 0.0935. The van der Waals surface area contributed by atoms with Crippen LogP contribution in [0.15, 0.2) is 24.5 Å². The van der Waals surface area contributed by atoms with Crippen LogP contribution in [0.2, 0.25) is 0 Å². The summed E-state index contributed by atoms with van der Waals surface area (Å²) >= 11 is 1.59. The van der Waals surface area contributed by atoms with E-state index in [1.807, 2.05) is 32.2 Å². The van der Waals surface area contributed by atoms with Gasteiger partial charge in [-0.2, -0.15) is 0 Å². The Morgan fingerprint density at radius 1 is 1.39 bits per heavy atom. The monoisotopic (exact) mass is 332 g/mol. The summed E-state index contributed by atoms with van der Waals surface area (Å²) in [5.74, 6) is -0.180. The van der Waals surface area contributed by atoms with E-state index >= 15 is 0 Å². The van der Waals surface area contributed by atoms with E-state index in [-0.39, 0.29) is 11.9 Å². The molecule has 1 aliphatic heterocycles. The molecule has 1 aliphatic rings. The highest BCUT2D eigenvalue weighted by atomic mass is 32.1. The van der Waals surface area contributed by atoms with Crippen LogP contribution in [0.4, 0.5) is 5.69 Å². The molecule has 0 bridgehead atoms. The van der Waals surface area contributed by atoms with Gasteiger partial charge in [-0.15, -0.1) is 11.3 Å². The van der Waals surface area contributed by atoms with Gasteiger partial charge in [0.2, 0.25) is 0 Å². The minimum absolute atomic E-state index is 0.130. The van der Waals surface area contributed by atoms with E-state index in [4.69, 9.17) is 4.74 Å². The van der Waals surface area contributed by atoms with Crippen LogP contribution >= 0.6 is 11.3 Å². The van der Waals surface area contributed by atoms with Gasteiger partial charge >= 0.3 is 0 Å². The zero-order valence-corrected chi connectivity index (χ0v) is 14.1. The number of carbonyl (C=O) groups is 1. The molecule has 1 fully saturated rings. The first-order valence-corrected chi connectivity index (χ1v) is 8.47. The molecule has 1 saturated heterocycles. The number of hydrogen-bond donors (Lipinski definition) is 1.